The van der Waals surface area contributed by atoms with Gasteiger partial charge in [0.15, 0.2) is 0 Å². The molecule has 0 N–H and O–H groups in total. The van der Waals surface area contributed by atoms with Gasteiger partial charge in [0.1, 0.15) is 0 Å². The molecule has 0 saturated heterocycles. The maximum absolute atomic E-state index is 3.60. The fourth-order valence-corrected chi connectivity index (χ4v) is 8.88. The van der Waals surface area contributed by atoms with Gasteiger partial charge in [-0.15, -0.1) is 81.2 Å². The molecule has 0 atom stereocenters. The largest absolute Gasteiger partial charge is 4.00 e. The second-order valence-electron chi connectivity index (χ2n) is 9.30. The van der Waals surface area contributed by atoms with Crippen molar-refractivity contribution in [1.29, 1.82) is 0 Å². The van der Waals surface area contributed by atoms with Crippen LogP contribution in [0, 0.1) is 13.8 Å². The molecule has 2 heteroatoms. The average Bonchev–Trinajstić information content (AvgIpc) is 3.43. The Morgan fingerprint density at radius 1 is 0.647 bits per heavy atom. The molecule has 0 heterocycles. The molecule has 4 aromatic rings. The first-order valence-electron chi connectivity index (χ1n) is 12.8. The zero-order valence-electron chi connectivity index (χ0n) is 22.4. The van der Waals surface area contributed by atoms with E-state index in [1.807, 2.05) is 0 Å². The zero-order chi connectivity index (χ0) is 24.4. The van der Waals surface area contributed by atoms with Gasteiger partial charge in [0.25, 0.3) is 0 Å². The molecule has 0 fully saturated rings. The Balaban J connectivity index is 0.000000563. The van der Waals surface area contributed by atoms with E-state index in [9.17, 15) is 0 Å². The first kappa shape index (κ1) is 30.8. The quantitative estimate of drug-likeness (QED) is 0.167. The predicted molar refractivity (Wildman–Crippen MR) is 155 cm³/mol. The summed E-state index contributed by atoms with van der Waals surface area (Å²) in [6.45, 7) is 21.1. The van der Waals surface area contributed by atoms with Crippen molar-refractivity contribution >= 4 is 40.0 Å². The van der Waals surface area contributed by atoms with Gasteiger partial charge in [-0.3, -0.25) is 0 Å². The standard InChI is InChI=1S/C24H26Si.2C4H9.Zr/c1-5-17-15-19-11-7-9-13-21(19)23(17)25(3,4)24-18(6-2)16-20-12-8-10-14-22(20)24;2*1-3-4-2;/h7-16H,5-6H2,1-4H3;2*1,3-4H2,2H3;/q-2;2*-1;+4. The van der Waals surface area contributed by atoms with E-state index in [1.165, 1.54) is 34.4 Å². The van der Waals surface area contributed by atoms with Crippen LogP contribution in [0.3, 0.4) is 0 Å². The summed E-state index contributed by atoms with van der Waals surface area (Å²) in [6, 6.07) is 22.8. The van der Waals surface area contributed by atoms with Gasteiger partial charge in [0, 0.05) is 8.07 Å². The van der Waals surface area contributed by atoms with E-state index in [4.69, 9.17) is 0 Å². The van der Waals surface area contributed by atoms with Gasteiger partial charge in [-0.25, -0.2) is 0 Å². The molecule has 180 valence electrons. The van der Waals surface area contributed by atoms with Gasteiger partial charge < -0.3 is 13.8 Å². The third kappa shape index (κ3) is 6.92. The number of aryl methyl sites for hydroxylation is 2. The van der Waals surface area contributed by atoms with Crippen molar-refractivity contribution in [3.63, 3.8) is 0 Å². The Kier molecular flexibility index (Phi) is 13.6. The Labute approximate surface area is 230 Å². The SMILES string of the molecule is CCc1[cH-]c2ccccc2c1[Si](C)(C)c1c(CC)[cH-]c2ccccc12.[CH2-]CCC.[CH2-]CCC.[Zr+4]. The molecular weight excluding hydrogens is 504 g/mol. The van der Waals surface area contributed by atoms with Crippen molar-refractivity contribution in [1.82, 2.24) is 0 Å². The van der Waals surface area contributed by atoms with Gasteiger partial charge in [0.2, 0.25) is 0 Å². The molecule has 34 heavy (non-hydrogen) atoms. The third-order valence-electron chi connectivity index (χ3n) is 6.48. The smallest absolute Gasteiger partial charge is 0.343 e. The summed E-state index contributed by atoms with van der Waals surface area (Å²) in [7, 11) is -1.81. The Hall–Kier alpha value is -1.24. The summed E-state index contributed by atoms with van der Waals surface area (Å²) >= 11 is 0. The molecule has 0 saturated carbocycles. The molecule has 0 spiro atoms. The Morgan fingerprint density at radius 3 is 1.26 bits per heavy atom. The van der Waals surface area contributed by atoms with Gasteiger partial charge in [-0.2, -0.15) is 23.2 Å². The maximum Gasteiger partial charge on any atom is 4.00 e. The van der Waals surface area contributed by atoms with Crippen molar-refractivity contribution in [2.24, 2.45) is 0 Å². The first-order valence-corrected chi connectivity index (χ1v) is 15.8. The van der Waals surface area contributed by atoms with E-state index in [1.54, 1.807) is 21.5 Å². The van der Waals surface area contributed by atoms with Crippen LogP contribution in [0.1, 0.15) is 64.5 Å². The van der Waals surface area contributed by atoms with E-state index in [0.717, 1.165) is 25.7 Å². The van der Waals surface area contributed by atoms with Crippen LogP contribution < -0.4 is 10.4 Å². The van der Waals surface area contributed by atoms with Crippen molar-refractivity contribution in [3.8, 4) is 0 Å². The van der Waals surface area contributed by atoms with Gasteiger partial charge >= 0.3 is 26.2 Å². The van der Waals surface area contributed by atoms with E-state index >= 15 is 0 Å². The fraction of sp³-hybridized carbons (Fsp3) is 0.375. The van der Waals surface area contributed by atoms with Gasteiger partial charge in [-0.1, -0.05) is 65.8 Å². The monoisotopic (exact) mass is 546 g/mol. The summed E-state index contributed by atoms with van der Waals surface area (Å²) < 4.78 is 0. The molecule has 0 amide bonds. The van der Waals surface area contributed by atoms with E-state index < -0.39 is 8.07 Å². The van der Waals surface area contributed by atoms with Crippen LogP contribution in [-0.4, -0.2) is 8.07 Å². The number of hydrogen-bond acceptors (Lipinski definition) is 0. The van der Waals surface area contributed by atoms with Crippen molar-refractivity contribution in [3.05, 3.63) is 85.6 Å². The van der Waals surface area contributed by atoms with E-state index in [-0.39, 0.29) is 26.2 Å². The van der Waals surface area contributed by atoms with Gasteiger partial charge in [0.05, 0.1) is 0 Å². The third-order valence-corrected chi connectivity index (χ3v) is 10.2. The van der Waals surface area contributed by atoms with Gasteiger partial charge in [-0.05, 0) is 12.8 Å². The van der Waals surface area contributed by atoms with Crippen LogP contribution >= 0.6 is 0 Å². The minimum absolute atomic E-state index is 0. The van der Waals surface area contributed by atoms with Crippen LogP contribution in [0.25, 0.3) is 21.5 Å². The van der Waals surface area contributed by atoms with E-state index in [0.29, 0.717) is 0 Å². The fourth-order valence-electron chi connectivity index (χ4n) is 4.73. The molecule has 0 aromatic heterocycles. The predicted octanol–water partition coefficient (Wildman–Crippen LogP) is 8.62. The number of benzene rings is 2. The minimum atomic E-state index is -1.81. The molecule has 0 aliphatic carbocycles. The summed E-state index contributed by atoms with van der Waals surface area (Å²) in [5.41, 5.74) is 3.09. The molecule has 4 rings (SSSR count). The van der Waals surface area contributed by atoms with Crippen LogP contribution in [-0.2, 0) is 39.0 Å². The zero-order valence-corrected chi connectivity index (χ0v) is 25.9. The number of unbranched alkanes of at least 4 members (excludes halogenated alkanes) is 2. The molecular formula is C32H44SiZr. The molecule has 0 aliphatic heterocycles. The molecule has 0 radical (unpaired) electrons. The van der Waals surface area contributed by atoms with Crippen LogP contribution in [0.2, 0.25) is 13.1 Å². The summed E-state index contributed by atoms with van der Waals surface area (Å²) in [4.78, 5) is 0. The second kappa shape index (κ2) is 15.0. The number of fused-ring (bicyclic) bond motifs is 2. The molecule has 0 aliphatic rings. The molecule has 0 bridgehead atoms. The Bertz CT molecular complexity index is 1020. The van der Waals surface area contributed by atoms with Crippen LogP contribution in [0.5, 0.6) is 0 Å². The normalized spacial score (nSPS) is 10.8. The molecule has 4 aromatic carbocycles. The van der Waals surface area contributed by atoms with Crippen LogP contribution in [0.15, 0.2) is 60.7 Å². The van der Waals surface area contributed by atoms with Crippen molar-refractivity contribution in [2.45, 2.75) is 79.3 Å². The summed E-state index contributed by atoms with van der Waals surface area (Å²) in [6.07, 6.45) is 6.78. The number of rotatable bonds is 6. The summed E-state index contributed by atoms with van der Waals surface area (Å²) in [5.74, 6) is 0. The van der Waals surface area contributed by atoms with Crippen molar-refractivity contribution < 1.29 is 26.2 Å². The average molecular weight is 548 g/mol. The summed E-state index contributed by atoms with van der Waals surface area (Å²) in [5, 5.41) is 9.06. The minimum Gasteiger partial charge on any atom is -0.343 e. The first-order chi connectivity index (χ1) is 15.9. The second-order valence-corrected chi connectivity index (χ2v) is 13.6. The maximum atomic E-state index is 3.60. The van der Waals surface area contributed by atoms with Crippen molar-refractivity contribution in [2.75, 3.05) is 0 Å². The van der Waals surface area contributed by atoms with E-state index in [2.05, 4.69) is 115 Å². The van der Waals surface area contributed by atoms with Crippen LogP contribution in [0.4, 0.5) is 0 Å². The molecule has 0 unspecified atom stereocenters. The topological polar surface area (TPSA) is 0 Å². The molecule has 0 nitrogen and oxygen atoms in total. The Morgan fingerprint density at radius 2 is 0.971 bits per heavy atom. The number of hydrogen-bond donors (Lipinski definition) is 0.